The maximum absolute atomic E-state index is 12.5. The van der Waals surface area contributed by atoms with Gasteiger partial charge in [0.05, 0.1) is 23.3 Å². The molecule has 1 aliphatic heterocycles. The minimum absolute atomic E-state index is 0.0868. The first-order chi connectivity index (χ1) is 11.8. The van der Waals surface area contributed by atoms with Crippen molar-refractivity contribution in [3.8, 4) is 0 Å². The number of hydrogen-bond donors (Lipinski definition) is 1. The van der Waals surface area contributed by atoms with E-state index < -0.39 is 10.0 Å². The molecular formula is C16H23N5O3S. The van der Waals surface area contributed by atoms with E-state index in [1.807, 2.05) is 20.0 Å². The Morgan fingerprint density at radius 2 is 2.04 bits per heavy atom. The molecule has 0 atom stereocenters. The average Bonchev–Trinajstić information content (AvgIpc) is 2.89. The normalized spacial score (nSPS) is 17.1. The molecule has 1 aliphatic rings. The van der Waals surface area contributed by atoms with Crippen molar-refractivity contribution in [2.75, 3.05) is 24.2 Å². The molecule has 0 bridgehead atoms. The Morgan fingerprint density at radius 3 is 2.68 bits per heavy atom. The Hall–Kier alpha value is -2.00. The maximum Gasteiger partial charge on any atom is 0.227 e. The zero-order chi connectivity index (χ0) is 18.2. The van der Waals surface area contributed by atoms with Gasteiger partial charge in [0.15, 0.2) is 5.65 Å². The maximum atomic E-state index is 12.5. The van der Waals surface area contributed by atoms with Crippen LogP contribution in [0.2, 0.25) is 0 Å². The van der Waals surface area contributed by atoms with Crippen molar-refractivity contribution >= 4 is 32.7 Å². The number of nitrogens with one attached hydrogen (secondary N) is 1. The summed E-state index contributed by atoms with van der Waals surface area (Å²) in [7, 11) is -1.34. The highest BCUT2D eigenvalue weighted by Gasteiger charge is 2.30. The third-order valence-corrected chi connectivity index (χ3v) is 6.59. The van der Waals surface area contributed by atoms with Crippen LogP contribution in [0, 0.1) is 12.8 Å². The molecule has 0 aliphatic carbocycles. The van der Waals surface area contributed by atoms with Crippen LogP contribution in [0.1, 0.15) is 25.5 Å². The lowest BCUT2D eigenvalue weighted by molar-refractivity contribution is -0.120. The first-order valence-electron chi connectivity index (χ1n) is 8.40. The average molecular weight is 365 g/mol. The number of sulfonamides is 1. The Bertz CT molecular complexity index is 898. The van der Waals surface area contributed by atoms with E-state index in [-0.39, 0.29) is 17.6 Å². The van der Waals surface area contributed by atoms with Gasteiger partial charge in [-0.1, -0.05) is 0 Å². The van der Waals surface area contributed by atoms with Crippen LogP contribution in [0.5, 0.6) is 0 Å². The van der Waals surface area contributed by atoms with Gasteiger partial charge < -0.3 is 5.32 Å². The molecule has 2 aromatic heterocycles. The fourth-order valence-corrected chi connectivity index (χ4v) is 4.33. The standard InChI is InChI=1S/C16H23N5O3S/c1-4-25(23,24)21-7-5-12(6-8-21)16(22)18-13-9-14-11(2)19-20(3)15(14)17-10-13/h9-10,12H,4-8H2,1-3H3,(H,18,22). The number of piperidine rings is 1. The number of fused-ring (bicyclic) bond motifs is 1. The van der Waals surface area contributed by atoms with Gasteiger partial charge in [0.1, 0.15) is 0 Å². The van der Waals surface area contributed by atoms with E-state index in [0.717, 1.165) is 16.7 Å². The minimum atomic E-state index is -3.17. The number of aryl methyl sites for hydroxylation is 2. The predicted octanol–water partition coefficient (Wildman–Crippen LogP) is 1.28. The van der Waals surface area contributed by atoms with E-state index in [9.17, 15) is 13.2 Å². The second-order valence-electron chi connectivity index (χ2n) is 6.37. The molecule has 0 spiro atoms. The van der Waals surface area contributed by atoms with Crippen molar-refractivity contribution in [2.24, 2.45) is 13.0 Å². The van der Waals surface area contributed by atoms with E-state index in [1.54, 1.807) is 17.8 Å². The molecule has 3 rings (SSSR count). The van der Waals surface area contributed by atoms with E-state index >= 15 is 0 Å². The van der Waals surface area contributed by atoms with Gasteiger partial charge in [-0.15, -0.1) is 0 Å². The molecule has 8 nitrogen and oxygen atoms in total. The summed E-state index contributed by atoms with van der Waals surface area (Å²) in [6.45, 7) is 4.33. The monoisotopic (exact) mass is 365 g/mol. The summed E-state index contributed by atoms with van der Waals surface area (Å²) in [5.41, 5.74) is 2.27. The van der Waals surface area contributed by atoms with Gasteiger partial charge in [0.25, 0.3) is 0 Å². The van der Waals surface area contributed by atoms with Gasteiger partial charge in [-0.2, -0.15) is 5.10 Å². The van der Waals surface area contributed by atoms with Crippen molar-refractivity contribution < 1.29 is 13.2 Å². The molecule has 1 fully saturated rings. The lowest BCUT2D eigenvalue weighted by Crippen LogP contribution is -2.42. The quantitative estimate of drug-likeness (QED) is 0.880. The summed E-state index contributed by atoms with van der Waals surface area (Å²) in [5.74, 6) is -0.176. The SMILES string of the molecule is CCS(=O)(=O)N1CCC(C(=O)Nc2cnc3c(c2)c(C)nn3C)CC1. The number of carbonyl (C=O) groups is 1. The molecule has 9 heteroatoms. The highest BCUT2D eigenvalue weighted by Crippen LogP contribution is 2.23. The number of carbonyl (C=O) groups excluding carboxylic acids is 1. The summed E-state index contributed by atoms with van der Waals surface area (Å²) < 4.78 is 27.0. The van der Waals surface area contributed by atoms with Crippen molar-refractivity contribution in [2.45, 2.75) is 26.7 Å². The molecule has 25 heavy (non-hydrogen) atoms. The van der Waals surface area contributed by atoms with E-state index in [0.29, 0.717) is 31.6 Å². The molecule has 1 N–H and O–H groups in total. The van der Waals surface area contributed by atoms with Gasteiger partial charge >= 0.3 is 0 Å². The van der Waals surface area contributed by atoms with Crippen LogP contribution < -0.4 is 5.32 Å². The number of hydrogen-bond acceptors (Lipinski definition) is 5. The highest BCUT2D eigenvalue weighted by molar-refractivity contribution is 7.89. The van der Waals surface area contributed by atoms with Crippen molar-refractivity contribution in [3.63, 3.8) is 0 Å². The molecule has 3 heterocycles. The fraction of sp³-hybridized carbons (Fsp3) is 0.562. The molecule has 2 aromatic rings. The predicted molar refractivity (Wildman–Crippen MR) is 95.6 cm³/mol. The van der Waals surface area contributed by atoms with Crippen LogP contribution in [0.25, 0.3) is 11.0 Å². The first kappa shape index (κ1) is 17.8. The molecule has 0 unspecified atom stereocenters. The van der Waals surface area contributed by atoms with Crippen LogP contribution in [0.4, 0.5) is 5.69 Å². The Kier molecular flexibility index (Phi) is 4.79. The molecule has 1 amide bonds. The zero-order valence-corrected chi connectivity index (χ0v) is 15.5. The smallest absolute Gasteiger partial charge is 0.227 e. The van der Waals surface area contributed by atoms with E-state index in [2.05, 4.69) is 15.4 Å². The number of pyridine rings is 1. The third-order valence-electron chi connectivity index (χ3n) is 4.71. The lowest BCUT2D eigenvalue weighted by Gasteiger charge is -2.30. The van der Waals surface area contributed by atoms with Crippen LogP contribution in [0.3, 0.4) is 0 Å². The van der Waals surface area contributed by atoms with Gasteiger partial charge in [-0.3, -0.25) is 9.48 Å². The molecule has 1 saturated heterocycles. The van der Waals surface area contributed by atoms with Crippen molar-refractivity contribution in [1.29, 1.82) is 0 Å². The van der Waals surface area contributed by atoms with Gasteiger partial charge in [0, 0.05) is 31.4 Å². The van der Waals surface area contributed by atoms with E-state index in [4.69, 9.17) is 0 Å². The number of aromatic nitrogens is 3. The van der Waals surface area contributed by atoms with Crippen LogP contribution in [-0.4, -0.2) is 52.2 Å². The Labute approximate surface area is 147 Å². The topological polar surface area (TPSA) is 97.2 Å². The fourth-order valence-electron chi connectivity index (χ4n) is 3.20. The Morgan fingerprint density at radius 1 is 1.36 bits per heavy atom. The zero-order valence-electron chi connectivity index (χ0n) is 14.7. The number of nitrogens with zero attached hydrogens (tertiary/aromatic N) is 4. The molecule has 136 valence electrons. The highest BCUT2D eigenvalue weighted by atomic mass is 32.2. The van der Waals surface area contributed by atoms with Crippen LogP contribution in [-0.2, 0) is 21.9 Å². The number of rotatable bonds is 4. The van der Waals surface area contributed by atoms with Crippen LogP contribution in [0.15, 0.2) is 12.3 Å². The van der Waals surface area contributed by atoms with Crippen molar-refractivity contribution in [1.82, 2.24) is 19.1 Å². The summed E-state index contributed by atoms with van der Waals surface area (Å²) in [4.78, 5) is 16.8. The van der Waals surface area contributed by atoms with E-state index in [1.165, 1.54) is 4.31 Å². The van der Waals surface area contributed by atoms with Crippen LogP contribution >= 0.6 is 0 Å². The summed E-state index contributed by atoms with van der Waals surface area (Å²) in [5, 5.41) is 8.13. The largest absolute Gasteiger partial charge is 0.324 e. The molecular weight excluding hydrogens is 342 g/mol. The summed E-state index contributed by atoms with van der Waals surface area (Å²) in [6, 6.07) is 1.87. The van der Waals surface area contributed by atoms with Gasteiger partial charge in [-0.25, -0.2) is 17.7 Å². The number of anilines is 1. The molecule has 0 radical (unpaired) electrons. The van der Waals surface area contributed by atoms with Gasteiger partial charge in [0.2, 0.25) is 15.9 Å². The first-order valence-corrected chi connectivity index (χ1v) is 10.0. The molecule has 0 saturated carbocycles. The van der Waals surface area contributed by atoms with Crippen molar-refractivity contribution in [3.05, 3.63) is 18.0 Å². The minimum Gasteiger partial charge on any atom is -0.324 e. The van der Waals surface area contributed by atoms with Gasteiger partial charge in [-0.05, 0) is 32.8 Å². The third kappa shape index (κ3) is 3.52. The Balaban J connectivity index is 1.66. The second-order valence-corrected chi connectivity index (χ2v) is 8.62. The summed E-state index contributed by atoms with van der Waals surface area (Å²) in [6.07, 6.45) is 2.69. The summed E-state index contributed by atoms with van der Waals surface area (Å²) >= 11 is 0. The second kappa shape index (κ2) is 6.72. The molecule has 0 aromatic carbocycles. The lowest BCUT2D eigenvalue weighted by atomic mass is 9.97. The number of amides is 1.